The van der Waals surface area contributed by atoms with E-state index in [2.05, 4.69) is 104 Å². The van der Waals surface area contributed by atoms with Crippen LogP contribution in [0.25, 0.3) is 11.1 Å². The molecule has 2 heteroatoms. The van der Waals surface area contributed by atoms with Gasteiger partial charge in [-0.15, -0.1) is 11.1 Å². The minimum absolute atomic E-state index is 0.167. The van der Waals surface area contributed by atoms with Crippen molar-refractivity contribution in [3.05, 3.63) is 111 Å². The molecule has 38 heavy (non-hydrogen) atoms. The Labute approximate surface area is 251 Å². The van der Waals surface area contributed by atoms with Crippen molar-refractivity contribution in [1.29, 1.82) is 0 Å². The van der Waals surface area contributed by atoms with Gasteiger partial charge in [-0.2, -0.15) is 42.0 Å². The molecule has 0 N–H and O–H groups in total. The fourth-order valence-electron chi connectivity index (χ4n) is 4.41. The normalized spacial score (nSPS) is 12.1. The van der Waals surface area contributed by atoms with E-state index in [0.717, 1.165) is 6.42 Å². The molecule has 1 aliphatic rings. The van der Waals surface area contributed by atoms with Crippen LogP contribution < -0.4 is 0 Å². The van der Waals surface area contributed by atoms with E-state index in [1.165, 1.54) is 81.4 Å². The van der Waals surface area contributed by atoms with Crippen LogP contribution >= 0.6 is 11.3 Å². The van der Waals surface area contributed by atoms with Crippen molar-refractivity contribution in [3.8, 4) is 11.1 Å². The monoisotopic (exact) mass is 688 g/mol. The maximum Gasteiger partial charge on any atom is -0.172 e. The number of thiophene rings is 1. The SMILES string of the molecule is CC(C)(C)c1[c-]c2c(cc1)-c1ccc(C(C)(C)C)cc1C2.CCCCc1ccc([C](C)=[Hf+2])s1.c1cc[cH-]c1. The van der Waals surface area contributed by atoms with Crippen LogP contribution in [-0.4, -0.2) is 3.26 Å². The van der Waals surface area contributed by atoms with Gasteiger partial charge in [-0.05, 0) is 28.4 Å². The number of benzene rings is 2. The first-order chi connectivity index (χ1) is 17.9. The van der Waals surface area contributed by atoms with Crippen molar-refractivity contribution < 1.29 is 23.9 Å². The molecule has 0 saturated heterocycles. The van der Waals surface area contributed by atoms with Gasteiger partial charge in [-0.3, -0.25) is 0 Å². The quantitative estimate of drug-likeness (QED) is 0.130. The zero-order valence-corrected chi connectivity index (χ0v) is 29.1. The van der Waals surface area contributed by atoms with Crippen LogP contribution in [0.4, 0.5) is 0 Å². The Morgan fingerprint density at radius 3 is 2.13 bits per heavy atom. The largest absolute Gasteiger partial charge is 0.214 e. The predicted octanol–water partition coefficient (Wildman–Crippen LogP) is 10.2. The Balaban J connectivity index is 0.000000197. The van der Waals surface area contributed by atoms with Gasteiger partial charge in [-0.25, -0.2) is 12.1 Å². The van der Waals surface area contributed by atoms with E-state index >= 15 is 0 Å². The molecule has 0 aliphatic heterocycles. The summed E-state index contributed by atoms with van der Waals surface area (Å²) in [5.74, 6) is 0. The summed E-state index contributed by atoms with van der Waals surface area (Å²) in [6, 6.07) is 29.7. The summed E-state index contributed by atoms with van der Waals surface area (Å²) >= 11 is 3.18. The first-order valence-electron chi connectivity index (χ1n) is 13.9. The summed E-state index contributed by atoms with van der Waals surface area (Å²) in [6.07, 6.45) is 4.94. The molecule has 0 saturated carbocycles. The van der Waals surface area contributed by atoms with Gasteiger partial charge < -0.3 is 0 Å². The number of fused-ring (bicyclic) bond motifs is 3. The molecule has 0 fully saturated rings. The van der Waals surface area contributed by atoms with Gasteiger partial charge in [0.15, 0.2) is 0 Å². The van der Waals surface area contributed by atoms with Crippen molar-refractivity contribution in [2.75, 3.05) is 0 Å². The number of hydrogen-bond donors (Lipinski definition) is 0. The number of hydrogen-bond acceptors (Lipinski definition) is 1. The van der Waals surface area contributed by atoms with E-state index in [1.807, 2.05) is 41.7 Å². The van der Waals surface area contributed by atoms with E-state index in [0.29, 0.717) is 0 Å². The topological polar surface area (TPSA) is 0 Å². The van der Waals surface area contributed by atoms with E-state index in [-0.39, 0.29) is 10.8 Å². The molecule has 0 unspecified atom stereocenters. The molecule has 1 aromatic heterocycles. The molecule has 5 rings (SSSR count). The second-order valence-electron chi connectivity index (χ2n) is 12.3. The molecular formula is C36H44HfS. The Morgan fingerprint density at radius 2 is 1.61 bits per heavy atom. The van der Waals surface area contributed by atoms with Gasteiger partial charge in [0, 0.05) is 0 Å². The van der Waals surface area contributed by atoms with Gasteiger partial charge in [0.25, 0.3) is 0 Å². The van der Waals surface area contributed by atoms with E-state index in [4.69, 9.17) is 0 Å². The number of aryl methyl sites for hydroxylation is 1. The maximum absolute atomic E-state index is 3.67. The van der Waals surface area contributed by atoms with Gasteiger partial charge in [0.1, 0.15) is 0 Å². The third kappa shape index (κ3) is 8.62. The van der Waals surface area contributed by atoms with Crippen LogP contribution in [0.2, 0.25) is 0 Å². The summed E-state index contributed by atoms with van der Waals surface area (Å²) < 4.78 is 1.57. The molecule has 0 atom stereocenters. The van der Waals surface area contributed by atoms with Crippen molar-refractivity contribution in [2.24, 2.45) is 0 Å². The Hall–Kier alpha value is -1.77. The summed E-state index contributed by atoms with van der Waals surface area (Å²) in [4.78, 5) is 3.06. The van der Waals surface area contributed by atoms with E-state index in [9.17, 15) is 0 Å². The van der Waals surface area contributed by atoms with Crippen LogP contribution in [-0.2, 0) is 47.6 Å². The molecule has 1 heterocycles. The van der Waals surface area contributed by atoms with Crippen molar-refractivity contribution >= 4 is 14.6 Å². The van der Waals surface area contributed by atoms with Gasteiger partial charge in [0.2, 0.25) is 0 Å². The van der Waals surface area contributed by atoms with Crippen molar-refractivity contribution in [1.82, 2.24) is 0 Å². The molecule has 3 aromatic carbocycles. The Bertz CT molecular complexity index is 1230. The Kier molecular flexibility index (Phi) is 11.0. The van der Waals surface area contributed by atoms with Gasteiger partial charge >= 0.3 is 93.5 Å². The maximum atomic E-state index is 3.67. The first-order valence-corrected chi connectivity index (χ1v) is 16.5. The van der Waals surface area contributed by atoms with Crippen molar-refractivity contribution in [2.45, 2.75) is 91.9 Å². The summed E-state index contributed by atoms with van der Waals surface area (Å²) in [6.45, 7) is 18.1. The van der Waals surface area contributed by atoms with Crippen LogP contribution in [0.15, 0.2) is 72.8 Å². The zero-order valence-electron chi connectivity index (χ0n) is 24.7. The van der Waals surface area contributed by atoms with E-state index in [1.54, 1.807) is 8.13 Å². The average molecular weight is 687 g/mol. The molecule has 4 aromatic rings. The summed E-state index contributed by atoms with van der Waals surface area (Å²) in [5, 5.41) is 0. The molecule has 1 aliphatic carbocycles. The third-order valence-corrected chi connectivity index (χ3v) is 9.71. The minimum atomic E-state index is 0.167. The van der Waals surface area contributed by atoms with Gasteiger partial charge in [0.05, 0.1) is 0 Å². The molecule has 0 radical (unpaired) electrons. The number of rotatable bonds is 4. The van der Waals surface area contributed by atoms with E-state index < -0.39 is 0 Å². The van der Waals surface area contributed by atoms with Crippen LogP contribution in [0.1, 0.15) is 100 Å². The fraction of sp³-hybridized carbons (Fsp3) is 0.389. The van der Waals surface area contributed by atoms with Crippen molar-refractivity contribution in [3.63, 3.8) is 0 Å². The summed E-state index contributed by atoms with van der Waals surface area (Å²) in [5.41, 5.74) is 8.70. The Morgan fingerprint density at radius 1 is 0.921 bits per heavy atom. The van der Waals surface area contributed by atoms with Crippen LogP contribution in [0.5, 0.6) is 0 Å². The zero-order chi connectivity index (χ0) is 27.9. The molecule has 198 valence electrons. The molecule has 0 amide bonds. The molecule has 0 bridgehead atoms. The average Bonchev–Trinajstić information content (AvgIpc) is 3.63. The molecule has 0 nitrogen and oxygen atoms in total. The molecule has 0 spiro atoms. The van der Waals surface area contributed by atoms with Gasteiger partial charge in [-0.1, -0.05) is 65.3 Å². The standard InChI is InChI=1S/C21H25.C10H14S.C5H5.Hf/c1-20(2,3)16-7-9-18-14(12-16)11-15-13-17(21(4,5)6)8-10-19(15)18;1-3-5-6-10-8-7-9(4-2)11-10;1-2-4-5-3-1;/h7-10,12H,11H2,1-6H3;7-8H,3,5-6H2,1-2H3;1-5H;/q-1;;-1;+2. The second-order valence-corrected chi connectivity index (χ2v) is 16.1. The second kappa shape index (κ2) is 13.5. The van der Waals surface area contributed by atoms with Crippen LogP contribution in [0.3, 0.4) is 0 Å². The van der Waals surface area contributed by atoms with Crippen LogP contribution in [0, 0.1) is 6.07 Å². The first kappa shape index (κ1) is 30.8. The fourth-order valence-corrected chi connectivity index (χ4v) is 6.22. The minimum Gasteiger partial charge on any atom is -0.214 e. The molecular weight excluding hydrogens is 643 g/mol. The number of unbranched alkanes of at least 4 members (excludes halogenated alkanes) is 1. The summed E-state index contributed by atoms with van der Waals surface area (Å²) in [7, 11) is 0. The smallest absolute Gasteiger partial charge is 0.172 e. The third-order valence-electron chi connectivity index (χ3n) is 6.83. The predicted molar refractivity (Wildman–Crippen MR) is 166 cm³/mol.